The number of ether oxygens (including phenoxy) is 4. The Hall–Kier alpha value is 0.380. The predicted octanol–water partition coefficient (Wildman–Crippen LogP) is -0.421. The van der Waals surface area contributed by atoms with E-state index in [0.29, 0.717) is 0 Å². The van der Waals surface area contributed by atoms with Crippen LogP contribution >= 0.6 is 21.6 Å². The van der Waals surface area contributed by atoms with Crippen LogP contribution in [0.3, 0.4) is 0 Å². The molecule has 0 saturated carbocycles. The second-order valence-corrected chi connectivity index (χ2v) is 9.45. The number of morpholine rings is 4. The lowest BCUT2D eigenvalue weighted by molar-refractivity contribution is -0.132. The molecular weight excluding hydrogens is 376 g/mol. The summed E-state index contributed by atoms with van der Waals surface area (Å²) in [7, 11) is 3.61. The summed E-state index contributed by atoms with van der Waals surface area (Å²) in [5, 5.41) is 6.31. The summed E-state index contributed by atoms with van der Waals surface area (Å²) in [6.07, 6.45) is 0. The van der Waals surface area contributed by atoms with Crippen LogP contribution in [0.15, 0.2) is 0 Å². The maximum Gasteiger partial charge on any atom is 0.192 e. The van der Waals surface area contributed by atoms with Crippen molar-refractivity contribution in [3.05, 3.63) is 0 Å². The number of nitrogens with one attached hydrogen (secondary N) is 2. The minimum Gasteiger partial charge on any atom is -0.379 e. The van der Waals surface area contributed by atoms with Gasteiger partial charge in [0.25, 0.3) is 0 Å². The van der Waals surface area contributed by atoms with Gasteiger partial charge in [-0.2, -0.15) is 0 Å². The molecular formula is C16H30N4O4S2. The zero-order valence-electron chi connectivity index (χ0n) is 15.2. The lowest BCUT2D eigenvalue weighted by Gasteiger charge is -2.50. The average Bonchev–Trinajstić information content (AvgIpc) is 2.75. The fourth-order valence-electron chi connectivity index (χ4n) is 3.72. The Bertz CT molecular complexity index is 398. The summed E-state index contributed by atoms with van der Waals surface area (Å²) in [5.74, 6) is 0. The molecule has 2 N–H and O–H groups in total. The minimum absolute atomic E-state index is 0.368. The lowest BCUT2D eigenvalue weighted by Crippen LogP contribution is -2.63. The summed E-state index contributed by atoms with van der Waals surface area (Å²) < 4.78 is 23.8. The van der Waals surface area contributed by atoms with E-state index in [9.17, 15) is 0 Å². The first kappa shape index (κ1) is 19.7. The summed E-state index contributed by atoms with van der Waals surface area (Å²) in [5.41, 5.74) is 0. The zero-order valence-corrected chi connectivity index (χ0v) is 16.9. The van der Waals surface area contributed by atoms with Gasteiger partial charge in [0.05, 0.1) is 39.6 Å². The molecule has 0 aromatic carbocycles. The number of nitrogens with zero attached hydrogens (tertiary/aromatic N) is 2. The highest BCUT2D eigenvalue weighted by atomic mass is 33.1. The molecule has 2 unspecified atom stereocenters. The summed E-state index contributed by atoms with van der Waals surface area (Å²) in [6, 6.07) is 0. The van der Waals surface area contributed by atoms with E-state index in [2.05, 4.69) is 20.4 Å². The van der Waals surface area contributed by atoms with Crippen molar-refractivity contribution < 1.29 is 18.9 Å². The van der Waals surface area contributed by atoms with Crippen LogP contribution in [0, 0.1) is 0 Å². The molecule has 4 aliphatic heterocycles. The first-order valence-corrected chi connectivity index (χ1v) is 11.7. The third-order valence-electron chi connectivity index (χ3n) is 5.20. The van der Waals surface area contributed by atoms with Gasteiger partial charge in [0.1, 0.15) is 0 Å². The maximum absolute atomic E-state index is 6.36. The smallest absolute Gasteiger partial charge is 0.192 e. The highest BCUT2D eigenvalue weighted by Crippen LogP contribution is 2.49. The molecule has 4 aliphatic rings. The molecule has 10 heteroatoms. The Morgan fingerprint density at radius 1 is 0.615 bits per heavy atom. The van der Waals surface area contributed by atoms with Crippen LogP contribution in [0.4, 0.5) is 0 Å². The Labute approximate surface area is 163 Å². The van der Waals surface area contributed by atoms with Gasteiger partial charge in [-0.25, -0.2) is 0 Å². The first-order valence-electron chi connectivity index (χ1n) is 9.55. The van der Waals surface area contributed by atoms with E-state index in [0.717, 1.165) is 92.0 Å². The highest BCUT2D eigenvalue weighted by molar-refractivity contribution is 8.77. The Morgan fingerprint density at radius 2 is 1.04 bits per heavy atom. The number of hydrogen-bond acceptors (Lipinski definition) is 10. The normalized spacial score (nSPS) is 38.3. The standard InChI is InChI=1S/C16H30N4O4S2/c1-7-23-15(13-17-1,19-3-9-21-10-4-19)25-26-16(14-18-2-8-24-16)20-5-11-22-12-6-20/h17-18H,1-14H2. The Morgan fingerprint density at radius 3 is 1.38 bits per heavy atom. The van der Waals surface area contributed by atoms with Crippen LogP contribution < -0.4 is 10.6 Å². The van der Waals surface area contributed by atoms with Crippen LogP contribution in [-0.4, -0.2) is 112 Å². The monoisotopic (exact) mass is 406 g/mol. The van der Waals surface area contributed by atoms with Gasteiger partial charge in [-0.15, -0.1) is 0 Å². The van der Waals surface area contributed by atoms with E-state index < -0.39 is 0 Å². The molecule has 4 saturated heterocycles. The predicted molar refractivity (Wildman–Crippen MR) is 103 cm³/mol. The van der Waals surface area contributed by atoms with E-state index in [4.69, 9.17) is 18.9 Å². The van der Waals surface area contributed by atoms with Crippen LogP contribution in [-0.2, 0) is 18.9 Å². The molecule has 0 aromatic heterocycles. The van der Waals surface area contributed by atoms with Crippen molar-refractivity contribution >= 4 is 21.6 Å². The summed E-state index contributed by atoms with van der Waals surface area (Å²) in [4.78, 5) is 4.84. The van der Waals surface area contributed by atoms with Crippen molar-refractivity contribution in [3.63, 3.8) is 0 Å². The second-order valence-electron chi connectivity index (χ2n) is 6.84. The molecule has 4 rings (SSSR count). The van der Waals surface area contributed by atoms with E-state index >= 15 is 0 Å². The fourth-order valence-corrected chi connectivity index (χ4v) is 7.19. The highest BCUT2D eigenvalue weighted by Gasteiger charge is 2.48. The molecule has 26 heavy (non-hydrogen) atoms. The molecule has 0 aromatic rings. The number of rotatable bonds is 5. The molecule has 8 nitrogen and oxygen atoms in total. The van der Waals surface area contributed by atoms with Gasteiger partial charge in [-0.05, 0) is 21.6 Å². The van der Waals surface area contributed by atoms with Crippen molar-refractivity contribution in [2.45, 2.75) is 10.1 Å². The van der Waals surface area contributed by atoms with E-state index in [1.807, 2.05) is 0 Å². The van der Waals surface area contributed by atoms with Crippen LogP contribution in [0.25, 0.3) is 0 Å². The summed E-state index contributed by atoms with van der Waals surface area (Å²) >= 11 is 0. The van der Waals surface area contributed by atoms with Gasteiger partial charge in [0, 0.05) is 52.4 Å². The van der Waals surface area contributed by atoms with Gasteiger partial charge in [-0.1, -0.05) is 0 Å². The Kier molecular flexibility index (Phi) is 7.00. The second kappa shape index (κ2) is 9.25. The molecule has 0 aliphatic carbocycles. The topological polar surface area (TPSA) is 67.5 Å². The van der Waals surface area contributed by atoms with Crippen molar-refractivity contribution in [3.8, 4) is 0 Å². The molecule has 0 radical (unpaired) electrons. The molecule has 2 atom stereocenters. The zero-order chi connectivity index (χ0) is 17.7. The van der Waals surface area contributed by atoms with Gasteiger partial charge in [-0.3, -0.25) is 9.80 Å². The summed E-state index contributed by atoms with van der Waals surface area (Å²) in [6.45, 7) is 11.6. The molecule has 150 valence electrons. The third-order valence-corrected chi connectivity index (χ3v) is 8.66. The van der Waals surface area contributed by atoms with E-state index in [1.165, 1.54) is 0 Å². The van der Waals surface area contributed by atoms with E-state index in [-0.39, 0.29) is 10.1 Å². The minimum atomic E-state index is -0.368. The average molecular weight is 407 g/mol. The third kappa shape index (κ3) is 4.35. The molecule has 4 fully saturated rings. The SMILES string of the molecule is C1COC(SSC2(N3CCOCC3)CNCCO2)(N2CCOCC2)CN1. The molecule has 4 heterocycles. The van der Waals surface area contributed by atoms with Crippen LogP contribution in [0.5, 0.6) is 0 Å². The number of hydrogen-bond donors (Lipinski definition) is 2. The Balaban J connectivity index is 1.48. The van der Waals surface area contributed by atoms with Crippen molar-refractivity contribution in [1.29, 1.82) is 0 Å². The largest absolute Gasteiger partial charge is 0.379 e. The van der Waals surface area contributed by atoms with Gasteiger partial charge in [0.15, 0.2) is 10.1 Å². The molecule has 0 spiro atoms. The van der Waals surface area contributed by atoms with Crippen molar-refractivity contribution in [1.82, 2.24) is 20.4 Å². The van der Waals surface area contributed by atoms with Gasteiger partial charge in [0.2, 0.25) is 0 Å². The maximum atomic E-state index is 6.36. The van der Waals surface area contributed by atoms with Crippen LogP contribution in [0.1, 0.15) is 0 Å². The fraction of sp³-hybridized carbons (Fsp3) is 1.00. The quantitative estimate of drug-likeness (QED) is 0.589. The van der Waals surface area contributed by atoms with Crippen LogP contribution in [0.2, 0.25) is 0 Å². The van der Waals surface area contributed by atoms with Crippen molar-refractivity contribution in [2.24, 2.45) is 0 Å². The van der Waals surface area contributed by atoms with Gasteiger partial charge >= 0.3 is 0 Å². The van der Waals surface area contributed by atoms with Gasteiger partial charge < -0.3 is 29.6 Å². The van der Waals surface area contributed by atoms with E-state index in [1.54, 1.807) is 21.6 Å². The molecule has 0 amide bonds. The molecule has 0 bridgehead atoms. The first-order chi connectivity index (χ1) is 12.8. The van der Waals surface area contributed by atoms with Crippen molar-refractivity contribution in [2.75, 3.05) is 92.0 Å². The lowest BCUT2D eigenvalue weighted by atomic mass is 10.3.